The largest absolute Gasteiger partial charge is 0.395 e. The smallest absolute Gasteiger partial charge is 0.243 e. The minimum absolute atomic E-state index is 0.112. The summed E-state index contributed by atoms with van der Waals surface area (Å²) in [6, 6.07) is 6.60. The van der Waals surface area contributed by atoms with Gasteiger partial charge in [0, 0.05) is 17.9 Å². The fourth-order valence-corrected chi connectivity index (χ4v) is 4.42. The first-order valence-corrected chi connectivity index (χ1v) is 8.93. The number of nitrogens with zero attached hydrogens (tertiary/aromatic N) is 1. The molecule has 19 heavy (non-hydrogen) atoms. The van der Waals surface area contributed by atoms with Gasteiger partial charge in [0.25, 0.3) is 0 Å². The van der Waals surface area contributed by atoms with Crippen LogP contribution in [0.5, 0.6) is 0 Å². The van der Waals surface area contributed by atoms with Crippen molar-refractivity contribution in [2.45, 2.75) is 35.5 Å². The molecule has 2 rings (SSSR count). The molecule has 1 N–H and O–H groups in total. The van der Waals surface area contributed by atoms with Crippen LogP contribution in [0.4, 0.5) is 0 Å². The number of rotatable bonds is 4. The van der Waals surface area contributed by atoms with E-state index in [-0.39, 0.29) is 12.6 Å². The van der Waals surface area contributed by atoms with Crippen LogP contribution in [0.3, 0.4) is 0 Å². The number of benzene rings is 1. The third-order valence-electron chi connectivity index (χ3n) is 3.47. The first kappa shape index (κ1) is 15.0. The molecule has 106 valence electrons. The Labute approximate surface area is 122 Å². The van der Waals surface area contributed by atoms with E-state index in [9.17, 15) is 13.5 Å². The van der Waals surface area contributed by atoms with Gasteiger partial charge >= 0.3 is 0 Å². The average Bonchev–Trinajstić information content (AvgIpc) is 2.47. The first-order chi connectivity index (χ1) is 9.09. The fourth-order valence-electron chi connectivity index (χ4n) is 2.36. The molecule has 6 heteroatoms. The molecule has 4 nitrogen and oxygen atoms in total. The predicted molar refractivity (Wildman–Crippen MR) is 77.7 cm³/mol. The second-order valence-electron chi connectivity index (χ2n) is 4.73. The van der Waals surface area contributed by atoms with Crippen molar-refractivity contribution in [2.24, 2.45) is 0 Å². The highest BCUT2D eigenvalue weighted by atomic mass is 79.9. The third-order valence-corrected chi connectivity index (χ3v) is 6.08. The van der Waals surface area contributed by atoms with Crippen molar-refractivity contribution >= 4 is 26.0 Å². The standard InChI is InChI=1S/C13H18BrNO3S/c14-9-11-4-6-13(7-5-11)19(17,18)15-8-2-1-3-12(15)10-16/h4-7,12,16H,1-3,8-10H2/t12-/m0/s1. The molecule has 0 saturated carbocycles. The quantitative estimate of drug-likeness (QED) is 0.848. The Bertz CT molecular complexity index is 515. The highest BCUT2D eigenvalue weighted by Crippen LogP contribution is 2.25. The van der Waals surface area contributed by atoms with Crippen LogP contribution >= 0.6 is 15.9 Å². The van der Waals surface area contributed by atoms with Gasteiger partial charge in [0.05, 0.1) is 11.5 Å². The van der Waals surface area contributed by atoms with Gasteiger partial charge in [0.1, 0.15) is 0 Å². The summed E-state index contributed by atoms with van der Waals surface area (Å²) in [5.41, 5.74) is 1.04. The van der Waals surface area contributed by atoms with Gasteiger partial charge in [-0.15, -0.1) is 0 Å². The van der Waals surface area contributed by atoms with E-state index in [0.29, 0.717) is 16.8 Å². The Morgan fingerprint density at radius 3 is 2.53 bits per heavy atom. The highest BCUT2D eigenvalue weighted by Gasteiger charge is 2.32. The number of halogens is 1. The normalized spacial score (nSPS) is 21.5. The van der Waals surface area contributed by atoms with E-state index in [1.807, 2.05) is 0 Å². The zero-order valence-electron chi connectivity index (χ0n) is 10.6. The molecule has 0 aromatic heterocycles. The van der Waals surface area contributed by atoms with Crippen molar-refractivity contribution in [1.29, 1.82) is 0 Å². The molecule has 1 aromatic rings. The van der Waals surface area contributed by atoms with Crippen LogP contribution in [0.25, 0.3) is 0 Å². The lowest BCUT2D eigenvalue weighted by Crippen LogP contribution is -2.45. The molecular formula is C13H18BrNO3S. The van der Waals surface area contributed by atoms with Gasteiger partial charge in [0.15, 0.2) is 0 Å². The lowest BCUT2D eigenvalue weighted by Gasteiger charge is -2.33. The Kier molecular flexibility index (Phi) is 5.00. The van der Waals surface area contributed by atoms with Gasteiger partial charge in [-0.25, -0.2) is 8.42 Å². The molecule has 1 atom stereocenters. The lowest BCUT2D eigenvalue weighted by molar-refractivity contribution is 0.155. The summed E-state index contributed by atoms with van der Waals surface area (Å²) < 4.78 is 26.6. The minimum Gasteiger partial charge on any atom is -0.395 e. The molecule has 0 unspecified atom stereocenters. The summed E-state index contributed by atoms with van der Waals surface area (Å²) in [4.78, 5) is 0.303. The molecule has 1 aromatic carbocycles. The van der Waals surface area contributed by atoms with E-state index in [0.717, 1.165) is 24.8 Å². The Morgan fingerprint density at radius 1 is 1.26 bits per heavy atom. The van der Waals surface area contributed by atoms with E-state index in [2.05, 4.69) is 15.9 Å². The summed E-state index contributed by atoms with van der Waals surface area (Å²) in [5, 5.41) is 10.0. The summed E-state index contributed by atoms with van der Waals surface area (Å²) in [6.45, 7) is 0.381. The Balaban J connectivity index is 2.29. The molecule has 0 radical (unpaired) electrons. The minimum atomic E-state index is -3.49. The molecule has 0 bridgehead atoms. The molecule has 1 saturated heterocycles. The maximum absolute atomic E-state index is 12.6. The number of hydrogen-bond donors (Lipinski definition) is 1. The lowest BCUT2D eigenvalue weighted by atomic mass is 10.1. The average molecular weight is 348 g/mol. The highest BCUT2D eigenvalue weighted by molar-refractivity contribution is 9.08. The van der Waals surface area contributed by atoms with Crippen LogP contribution in [0, 0.1) is 0 Å². The number of piperidine rings is 1. The van der Waals surface area contributed by atoms with Crippen molar-refractivity contribution in [1.82, 2.24) is 4.31 Å². The zero-order chi connectivity index (χ0) is 13.9. The maximum atomic E-state index is 12.6. The van der Waals surface area contributed by atoms with Gasteiger partial charge in [0.2, 0.25) is 10.0 Å². The molecule has 0 aliphatic carbocycles. The molecule has 0 amide bonds. The number of hydrogen-bond acceptors (Lipinski definition) is 3. The maximum Gasteiger partial charge on any atom is 0.243 e. The van der Waals surface area contributed by atoms with Crippen molar-refractivity contribution in [3.63, 3.8) is 0 Å². The van der Waals surface area contributed by atoms with E-state index in [1.165, 1.54) is 4.31 Å². The Hall–Kier alpha value is -0.430. The number of aliphatic hydroxyl groups excluding tert-OH is 1. The van der Waals surface area contributed by atoms with Crippen LogP contribution in [0.15, 0.2) is 29.2 Å². The van der Waals surface area contributed by atoms with Gasteiger partial charge < -0.3 is 5.11 Å². The van der Waals surface area contributed by atoms with Gasteiger partial charge in [-0.2, -0.15) is 4.31 Å². The molecule has 1 aliphatic heterocycles. The molecule has 1 heterocycles. The van der Waals surface area contributed by atoms with Gasteiger partial charge in [-0.1, -0.05) is 34.5 Å². The van der Waals surface area contributed by atoms with E-state index in [1.54, 1.807) is 24.3 Å². The van der Waals surface area contributed by atoms with Crippen molar-refractivity contribution in [3.8, 4) is 0 Å². The zero-order valence-corrected chi connectivity index (χ0v) is 13.0. The van der Waals surface area contributed by atoms with Crippen molar-refractivity contribution in [2.75, 3.05) is 13.2 Å². The van der Waals surface area contributed by atoms with E-state index in [4.69, 9.17) is 0 Å². The van der Waals surface area contributed by atoms with Crippen molar-refractivity contribution < 1.29 is 13.5 Å². The number of alkyl halides is 1. The molecule has 0 spiro atoms. The Morgan fingerprint density at radius 2 is 1.95 bits per heavy atom. The molecule has 1 fully saturated rings. The van der Waals surface area contributed by atoms with Crippen LogP contribution in [0.1, 0.15) is 24.8 Å². The van der Waals surface area contributed by atoms with E-state index >= 15 is 0 Å². The summed E-state index contributed by atoms with van der Waals surface area (Å²) in [6.07, 6.45) is 2.56. The second-order valence-corrected chi connectivity index (χ2v) is 7.18. The van der Waals surface area contributed by atoms with Crippen LogP contribution < -0.4 is 0 Å². The SMILES string of the molecule is O=S(=O)(c1ccc(CBr)cc1)N1CCCC[C@H]1CO. The van der Waals surface area contributed by atoms with Gasteiger partial charge in [-0.3, -0.25) is 0 Å². The van der Waals surface area contributed by atoms with E-state index < -0.39 is 10.0 Å². The number of sulfonamides is 1. The van der Waals surface area contributed by atoms with Crippen LogP contribution in [-0.2, 0) is 15.4 Å². The van der Waals surface area contributed by atoms with Crippen LogP contribution in [-0.4, -0.2) is 37.0 Å². The summed E-state index contributed by atoms with van der Waals surface area (Å²) in [7, 11) is -3.49. The summed E-state index contributed by atoms with van der Waals surface area (Å²) in [5.74, 6) is 0. The van der Waals surface area contributed by atoms with Crippen LogP contribution in [0.2, 0.25) is 0 Å². The summed E-state index contributed by atoms with van der Waals surface area (Å²) >= 11 is 3.34. The first-order valence-electron chi connectivity index (χ1n) is 6.37. The van der Waals surface area contributed by atoms with Crippen molar-refractivity contribution in [3.05, 3.63) is 29.8 Å². The third kappa shape index (κ3) is 3.18. The predicted octanol–water partition coefficient (Wildman–Crippen LogP) is 2.12. The second kappa shape index (κ2) is 6.35. The monoisotopic (exact) mass is 347 g/mol. The fraction of sp³-hybridized carbons (Fsp3) is 0.538. The molecular weight excluding hydrogens is 330 g/mol. The molecule has 1 aliphatic rings. The number of aliphatic hydroxyl groups is 1. The topological polar surface area (TPSA) is 57.6 Å². The van der Waals surface area contributed by atoms with Gasteiger partial charge in [-0.05, 0) is 30.5 Å².